The summed E-state index contributed by atoms with van der Waals surface area (Å²) in [5.41, 5.74) is 3.59. The predicted molar refractivity (Wildman–Crippen MR) is 165 cm³/mol. The lowest BCUT2D eigenvalue weighted by Gasteiger charge is -2.13. The average Bonchev–Trinajstić information content (AvgIpc) is 3.58. The van der Waals surface area contributed by atoms with Crippen molar-refractivity contribution in [2.75, 3.05) is 7.11 Å². The van der Waals surface area contributed by atoms with Crippen LogP contribution in [0.15, 0.2) is 98.6 Å². The molecule has 0 N–H and O–H groups in total. The second-order valence-electron chi connectivity index (χ2n) is 9.00. The molecule has 1 aliphatic heterocycles. The summed E-state index contributed by atoms with van der Waals surface area (Å²) in [7, 11) is 1.56. The second kappa shape index (κ2) is 13.1. The van der Waals surface area contributed by atoms with Crippen LogP contribution < -0.4 is 9.47 Å². The van der Waals surface area contributed by atoms with Gasteiger partial charge in [-0.05, 0) is 77.9 Å². The number of rotatable bonds is 9. The predicted octanol–water partition coefficient (Wildman–Crippen LogP) is 7.99. The number of benzene rings is 3. The number of methoxy groups -OCH3 is 1. The molecule has 0 aliphatic carbocycles. The van der Waals surface area contributed by atoms with E-state index in [2.05, 4.69) is 10.2 Å². The summed E-state index contributed by atoms with van der Waals surface area (Å²) in [4.78, 5) is 15.5. The van der Waals surface area contributed by atoms with E-state index in [1.165, 1.54) is 11.8 Å². The Bertz CT molecular complexity index is 1650. The van der Waals surface area contributed by atoms with Crippen molar-refractivity contribution in [1.29, 1.82) is 0 Å². The molecule has 0 unspecified atom stereocenters. The number of halogens is 2. The Labute approximate surface area is 252 Å². The van der Waals surface area contributed by atoms with Gasteiger partial charge in [-0.25, -0.2) is 0 Å². The van der Waals surface area contributed by atoms with E-state index >= 15 is 0 Å². The molecule has 0 radical (unpaired) electrons. The first-order valence-electron chi connectivity index (χ1n) is 12.6. The van der Waals surface area contributed by atoms with Gasteiger partial charge in [-0.15, -0.1) is 5.10 Å². The van der Waals surface area contributed by atoms with Crippen molar-refractivity contribution in [1.82, 2.24) is 4.90 Å². The topological polar surface area (TPSA) is 76.6 Å². The number of hydrogen-bond acceptors (Lipinski definition) is 7. The van der Waals surface area contributed by atoms with Gasteiger partial charge in [0, 0.05) is 15.6 Å². The molecule has 2 heterocycles. The fraction of sp³-hybridized carbons (Fsp3) is 0.129. The van der Waals surface area contributed by atoms with Gasteiger partial charge in [0.2, 0.25) is 0 Å². The third kappa shape index (κ3) is 7.03. The summed E-state index contributed by atoms with van der Waals surface area (Å²) < 4.78 is 17.0. The van der Waals surface area contributed by atoms with Gasteiger partial charge < -0.3 is 13.9 Å². The van der Waals surface area contributed by atoms with Gasteiger partial charge in [0.1, 0.15) is 12.4 Å². The molecule has 0 saturated carbocycles. The number of hydrogen-bond donors (Lipinski definition) is 0. The van der Waals surface area contributed by atoms with Crippen molar-refractivity contribution in [3.8, 4) is 11.5 Å². The van der Waals surface area contributed by atoms with Crippen LogP contribution in [0.25, 0.3) is 6.08 Å². The number of nitrogens with zero attached hydrogens (tertiary/aromatic N) is 3. The molecule has 1 saturated heterocycles. The number of carbonyl (C=O) groups excluding carboxylic acids is 1. The second-order valence-corrected chi connectivity index (χ2v) is 10.9. The van der Waals surface area contributed by atoms with Crippen LogP contribution in [0.5, 0.6) is 11.5 Å². The Morgan fingerprint density at radius 2 is 1.88 bits per heavy atom. The van der Waals surface area contributed by atoms with Crippen LogP contribution in [0.1, 0.15) is 28.0 Å². The highest BCUT2D eigenvalue weighted by atomic mass is 35.5. The van der Waals surface area contributed by atoms with Crippen molar-refractivity contribution in [2.24, 2.45) is 10.2 Å². The van der Waals surface area contributed by atoms with Gasteiger partial charge in [-0.3, -0.25) is 9.69 Å². The highest BCUT2D eigenvalue weighted by molar-refractivity contribution is 8.18. The van der Waals surface area contributed by atoms with Gasteiger partial charge in [0.25, 0.3) is 5.91 Å². The molecule has 10 heteroatoms. The summed E-state index contributed by atoms with van der Waals surface area (Å²) >= 11 is 13.5. The van der Waals surface area contributed by atoms with E-state index in [1.54, 1.807) is 54.8 Å². The van der Waals surface area contributed by atoms with E-state index in [0.717, 1.165) is 22.3 Å². The Balaban J connectivity index is 1.37. The number of carbonyl (C=O) groups is 1. The van der Waals surface area contributed by atoms with Gasteiger partial charge in [0.15, 0.2) is 16.7 Å². The maximum Gasteiger partial charge on any atom is 0.267 e. The molecule has 0 atom stereocenters. The molecule has 1 amide bonds. The number of amides is 1. The van der Waals surface area contributed by atoms with Crippen molar-refractivity contribution in [3.05, 3.63) is 122 Å². The molecule has 41 heavy (non-hydrogen) atoms. The summed E-state index contributed by atoms with van der Waals surface area (Å²) in [6.45, 7) is 2.48. The van der Waals surface area contributed by atoms with E-state index in [1.807, 2.05) is 55.5 Å². The molecule has 3 aromatic carbocycles. The van der Waals surface area contributed by atoms with Crippen molar-refractivity contribution >= 4 is 58.3 Å². The van der Waals surface area contributed by atoms with Crippen LogP contribution in [-0.2, 0) is 17.9 Å². The van der Waals surface area contributed by atoms with Gasteiger partial charge in [-0.1, -0.05) is 59.6 Å². The smallest absolute Gasteiger partial charge is 0.267 e. The largest absolute Gasteiger partial charge is 0.493 e. The van der Waals surface area contributed by atoms with Gasteiger partial charge in [-0.2, -0.15) is 5.10 Å². The molecule has 4 aromatic rings. The van der Waals surface area contributed by atoms with E-state index in [-0.39, 0.29) is 19.1 Å². The number of amidine groups is 1. The molecule has 0 spiro atoms. The summed E-state index contributed by atoms with van der Waals surface area (Å²) in [5, 5.41) is 10.2. The number of thioether (sulfide) groups is 1. The summed E-state index contributed by atoms with van der Waals surface area (Å²) in [5.74, 6) is 1.50. The first-order chi connectivity index (χ1) is 19.9. The molecule has 1 fully saturated rings. The maximum atomic E-state index is 13.5. The van der Waals surface area contributed by atoms with Gasteiger partial charge >= 0.3 is 0 Å². The van der Waals surface area contributed by atoms with Crippen LogP contribution in [0.3, 0.4) is 0 Å². The van der Waals surface area contributed by atoms with E-state index in [9.17, 15) is 4.79 Å². The molecule has 0 bridgehead atoms. The summed E-state index contributed by atoms with van der Waals surface area (Å²) in [6.07, 6.45) is 5.04. The quantitative estimate of drug-likeness (QED) is 0.110. The first-order valence-corrected chi connectivity index (χ1v) is 14.1. The third-order valence-corrected chi connectivity index (χ3v) is 7.78. The minimum Gasteiger partial charge on any atom is -0.493 e. The molecule has 1 aromatic heterocycles. The minimum absolute atomic E-state index is 0.201. The Hall–Kier alpha value is -3.98. The molecule has 1 aliphatic rings. The van der Waals surface area contributed by atoms with Crippen LogP contribution in [0.2, 0.25) is 10.0 Å². The SMILES string of the molecule is COc1cc(/C=C2\S/C(=N\N=C\c3ccccc3C)N(Cc3ccco3)C2=O)ccc1OCc1ccc(Cl)cc1Cl. The van der Waals surface area contributed by atoms with E-state index < -0.39 is 0 Å². The lowest BCUT2D eigenvalue weighted by Crippen LogP contribution is -2.28. The summed E-state index contributed by atoms with van der Waals surface area (Å²) in [6, 6.07) is 22.2. The minimum atomic E-state index is -0.201. The van der Waals surface area contributed by atoms with Crippen molar-refractivity contribution < 1.29 is 18.7 Å². The zero-order valence-electron chi connectivity index (χ0n) is 22.2. The van der Waals surface area contributed by atoms with Crippen molar-refractivity contribution in [2.45, 2.75) is 20.1 Å². The highest BCUT2D eigenvalue weighted by Crippen LogP contribution is 2.36. The normalized spacial score (nSPS) is 15.4. The van der Waals surface area contributed by atoms with Crippen LogP contribution in [0, 0.1) is 6.92 Å². The average molecular weight is 607 g/mol. The van der Waals surface area contributed by atoms with E-state index in [0.29, 0.717) is 37.4 Å². The Morgan fingerprint density at radius 3 is 2.63 bits per heavy atom. The third-order valence-electron chi connectivity index (χ3n) is 6.19. The fourth-order valence-corrected chi connectivity index (χ4v) is 5.39. The number of furan rings is 1. The zero-order valence-corrected chi connectivity index (χ0v) is 24.5. The molecule has 7 nitrogen and oxygen atoms in total. The monoisotopic (exact) mass is 605 g/mol. The van der Waals surface area contributed by atoms with E-state index in [4.69, 9.17) is 37.1 Å². The Morgan fingerprint density at radius 1 is 1.02 bits per heavy atom. The number of aryl methyl sites for hydroxylation is 1. The van der Waals surface area contributed by atoms with Crippen LogP contribution in [0.4, 0.5) is 0 Å². The van der Waals surface area contributed by atoms with Crippen molar-refractivity contribution in [3.63, 3.8) is 0 Å². The zero-order chi connectivity index (χ0) is 28.8. The van der Waals surface area contributed by atoms with Crippen LogP contribution in [-0.4, -0.2) is 29.3 Å². The molecule has 5 rings (SSSR count). The fourth-order valence-electron chi connectivity index (χ4n) is 3.99. The number of ether oxygens (including phenoxy) is 2. The molecular weight excluding hydrogens is 581 g/mol. The highest BCUT2D eigenvalue weighted by Gasteiger charge is 2.34. The molecular formula is C31H25Cl2N3O4S. The lowest BCUT2D eigenvalue weighted by atomic mass is 10.1. The Kier molecular flexibility index (Phi) is 9.14. The molecule has 208 valence electrons. The first kappa shape index (κ1) is 28.5. The maximum absolute atomic E-state index is 13.5. The standard InChI is InChI=1S/C31H25Cl2N3O4S/c1-20-6-3-4-7-22(20)17-34-35-31-36(18-25-8-5-13-39-25)30(37)29(41-31)15-21-9-12-27(28(14-21)38-2)40-19-23-10-11-24(32)16-26(23)33/h3-17H,18-19H2,1-2H3/b29-15-,34-17+,35-31-. The van der Waals surface area contributed by atoms with Gasteiger partial charge in [0.05, 0.1) is 31.0 Å². The lowest BCUT2D eigenvalue weighted by molar-refractivity contribution is -0.122. The van der Waals surface area contributed by atoms with Crippen LogP contribution >= 0.6 is 35.0 Å².